The van der Waals surface area contributed by atoms with Gasteiger partial charge in [-0.1, -0.05) is 20.8 Å². The number of aliphatic hydroxyl groups is 5. The Bertz CT molecular complexity index is 1150. The molecule has 18 atom stereocenters. The minimum atomic E-state index is -1.80. The van der Waals surface area contributed by atoms with Crippen molar-refractivity contribution in [3.8, 4) is 0 Å². The van der Waals surface area contributed by atoms with Gasteiger partial charge in [-0.2, -0.15) is 0 Å². The van der Waals surface area contributed by atoms with E-state index in [1.165, 1.54) is 14.0 Å². The number of nitrogens with zero attached hydrogens (tertiary/aromatic N) is 2. The average molecular weight is 785 g/mol. The Morgan fingerprint density at radius 1 is 0.943 bits per heavy atom. The quantitative estimate of drug-likeness (QED) is 0.238. The normalized spacial score (nSPS) is 48.7. The van der Waals surface area contributed by atoms with E-state index in [0.29, 0.717) is 13.0 Å². The Morgan fingerprint density at radius 3 is 2.09 bits per heavy atom. The molecule has 0 spiro atoms. The van der Waals surface area contributed by atoms with Crippen molar-refractivity contribution in [3.05, 3.63) is 0 Å². The van der Waals surface area contributed by atoms with Crippen molar-refractivity contribution in [2.45, 2.75) is 185 Å². The fraction of sp³-hybridized carbons (Fsp3) is 0.974. The number of hydrogen-bond donors (Lipinski definition) is 5. The summed E-state index contributed by atoms with van der Waals surface area (Å²) < 4.78 is 37.5. The third kappa shape index (κ3) is 11.0. The van der Waals surface area contributed by atoms with Crippen LogP contribution in [0, 0.1) is 17.8 Å². The van der Waals surface area contributed by atoms with Crippen molar-refractivity contribution in [2.24, 2.45) is 17.8 Å². The summed E-state index contributed by atoms with van der Waals surface area (Å²) >= 11 is 0. The Labute approximate surface area is 324 Å². The molecule has 0 aromatic rings. The smallest absolute Gasteiger partial charge is 0.311 e. The molecule has 3 rings (SSSR count). The van der Waals surface area contributed by atoms with E-state index in [9.17, 15) is 30.3 Å². The second-order valence-corrected chi connectivity index (χ2v) is 17.2. The molecule has 14 nitrogen and oxygen atoms in total. The van der Waals surface area contributed by atoms with Gasteiger partial charge in [0.05, 0.1) is 41.5 Å². The molecular weight excluding hydrogens is 712 g/mol. The van der Waals surface area contributed by atoms with Crippen molar-refractivity contribution in [1.82, 2.24) is 9.80 Å². The molecular formula is C38H73ClN2O12. The number of halogens is 1. The van der Waals surface area contributed by atoms with Crippen LogP contribution in [0.2, 0.25) is 0 Å². The fourth-order valence-corrected chi connectivity index (χ4v) is 8.74. The lowest BCUT2D eigenvalue weighted by atomic mass is 9.77. The molecule has 3 aliphatic heterocycles. The van der Waals surface area contributed by atoms with Crippen LogP contribution in [0.3, 0.4) is 0 Å². The fourth-order valence-electron chi connectivity index (χ4n) is 8.74. The van der Waals surface area contributed by atoms with Crippen molar-refractivity contribution < 1.29 is 58.7 Å². The molecule has 0 aromatic carbocycles. The van der Waals surface area contributed by atoms with Crippen LogP contribution in [-0.2, 0) is 33.2 Å². The molecule has 3 heterocycles. The third-order valence-electron chi connectivity index (χ3n) is 12.2. The Hall–Kier alpha value is -0.720. The highest BCUT2D eigenvalue weighted by molar-refractivity contribution is 5.85. The van der Waals surface area contributed by atoms with Gasteiger partial charge >= 0.3 is 5.97 Å². The first-order valence-corrected chi connectivity index (χ1v) is 19.1. The van der Waals surface area contributed by atoms with Gasteiger partial charge in [-0.3, -0.25) is 4.79 Å². The zero-order valence-electron chi connectivity index (χ0n) is 34.6. The molecule has 15 heteroatoms. The predicted molar refractivity (Wildman–Crippen MR) is 201 cm³/mol. The van der Waals surface area contributed by atoms with Gasteiger partial charge in [0.25, 0.3) is 0 Å². The number of likely N-dealkylation sites (N-methyl/N-ethyl adjacent to an activating group) is 2. The monoisotopic (exact) mass is 784 g/mol. The zero-order valence-corrected chi connectivity index (χ0v) is 35.4. The van der Waals surface area contributed by atoms with Crippen LogP contribution in [0.15, 0.2) is 0 Å². The van der Waals surface area contributed by atoms with Crippen molar-refractivity contribution >= 4 is 18.4 Å². The maximum atomic E-state index is 14.2. The van der Waals surface area contributed by atoms with Crippen molar-refractivity contribution in [1.29, 1.82) is 0 Å². The minimum absolute atomic E-state index is 0. The maximum absolute atomic E-state index is 14.2. The van der Waals surface area contributed by atoms with Gasteiger partial charge in [0.15, 0.2) is 12.6 Å². The van der Waals surface area contributed by atoms with Gasteiger partial charge in [-0.05, 0) is 94.8 Å². The van der Waals surface area contributed by atoms with Crippen LogP contribution in [0.5, 0.6) is 0 Å². The number of hydrogen-bond acceptors (Lipinski definition) is 14. The van der Waals surface area contributed by atoms with Gasteiger partial charge in [-0.15, -0.1) is 12.4 Å². The van der Waals surface area contributed by atoms with E-state index >= 15 is 0 Å². The number of cyclic esters (lactones) is 1. The number of esters is 1. The second-order valence-electron chi connectivity index (χ2n) is 17.2. The first kappa shape index (κ1) is 48.4. The molecule has 3 aliphatic rings. The molecule has 0 bridgehead atoms. The number of rotatable bonds is 7. The summed E-state index contributed by atoms with van der Waals surface area (Å²) in [5, 5.41) is 58.1. The first-order valence-electron chi connectivity index (χ1n) is 19.1. The zero-order chi connectivity index (χ0) is 39.7. The number of carbonyl (C=O) groups excluding carboxylic acids is 1. The maximum Gasteiger partial charge on any atom is 0.311 e. The third-order valence-corrected chi connectivity index (χ3v) is 12.2. The van der Waals surface area contributed by atoms with Gasteiger partial charge < -0.3 is 63.8 Å². The summed E-state index contributed by atoms with van der Waals surface area (Å²) in [7, 11) is 7.12. The molecule has 3 fully saturated rings. The standard InChI is InChI=1S/C38H72N2O12.ClH/c1-15-27-38(10,46)31(42)24(6)40(13)19-20(2)17-36(8,45)33(52-35-29(41)26(39(11)12)16-21(3)48-35)22(4)30(23(5)34(44)50-27)51-28-18-37(9,47-14)32(43)25(7)49-28;/h20-33,35,41-43,45-46H,15-19H2,1-14H3;1H/t20-,21?,22+,23-,24-,25?,26?,27-,28?,29?,30+,31-,32?,33-,35?,36-,37?,38-;/m1./s1. The van der Waals surface area contributed by atoms with Crippen molar-refractivity contribution in [2.75, 3.05) is 34.8 Å². The summed E-state index contributed by atoms with van der Waals surface area (Å²) in [5.74, 6) is -2.58. The highest BCUT2D eigenvalue weighted by atomic mass is 35.5. The molecule has 0 amide bonds. The molecule has 53 heavy (non-hydrogen) atoms. The van der Waals surface area contributed by atoms with Crippen LogP contribution >= 0.6 is 12.4 Å². The summed E-state index contributed by atoms with van der Waals surface area (Å²) in [4.78, 5) is 18.0. The number of aliphatic hydroxyl groups excluding tert-OH is 3. The van der Waals surface area contributed by atoms with E-state index in [1.807, 2.05) is 51.7 Å². The number of carbonyl (C=O) groups is 1. The van der Waals surface area contributed by atoms with E-state index in [0.717, 1.165) is 0 Å². The Kier molecular flexibility index (Phi) is 17.5. The number of ether oxygens (including phenoxy) is 6. The lowest BCUT2D eigenvalue weighted by molar-refractivity contribution is -0.318. The largest absolute Gasteiger partial charge is 0.459 e. The summed E-state index contributed by atoms with van der Waals surface area (Å²) in [6.45, 7) is 18.0. The molecule has 0 aliphatic carbocycles. The van der Waals surface area contributed by atoms with Crippen molar-refractivity contribution in [3.63, 3.8) is 0 Å². The summed E-state index contributed by atoms with van der Waals surface area (Å²) in [5.41, 5.74) is -4.37. The second kappa shape index (κ2) is 19.1. The molecule has 5 N–H and O–H groups in total. The molecule has 8 unspecified atom stereocenters. The SMILES string of the molecule is CC[C@H]1OC(=O)[C@H](C)[C@@H](OC2CC(C)(OC)C(O)C(C)O2)[C@H](C)[C@@H](OC2OC(C)CC(N(C)C)C2O)[C@](C)(O)C[C@@H](C)CN(C)[C@H](C)[C@@H](O)[C@]1(C)O.Cl. The minimum Gasteiger partial charge on any atom is -0.459 e. The van der Waals surface area contributed by atoms with Gasteiger partial charge in [0.1, 0.15) is 30.0 Å². The van der Waals surface area contributed by atoms with Gasteiger partial charge in [-0.25, -0.2) is 0 Å². The molecule has 314 valence electrons. The molecule has 3 saturated heterocycles. The number of methoxy groups -OCH3 is 1. The van der Waals surface area contributed by atoms with E-state index in [1.54, 1.807) is 41.5 Å². The first-order chi connectivity index (χ1) is 23.9. The summed E-state index contributed by atoms with van der Waals surface area (Å²) in [6.07, 6.45) is -8.19. The molecule has 0 radical (unpaired) electrons. The van der Waals surface area contributed by atoms with Gasteiger partial charge in [0, 0.05) is 38.1 Å². The lowest BCUT2D eigenvalue weighted by Gasteiger charge is -2.48. The summed E-state index contributed by atoms with van der Waals surface area (Å²) in [6, 6.07) is -0.808. The Morgan fingerprint density at radius 2 is 1.55 bits per heavy atom. The van der Waals surface area contributed by atoms with E-state index < -0.39 is 96.0 Å². The van der Waals surface area contributed by atoms with Crippen LogP contribution < -0.4 is 0 Å². The van der Waals surface area contributed by atoms with E-state index in [4.69, 9.17) is 28.4 Å². The topological polar surface area (TPSA) is 180 Å². The van der Waals surface area contributed by atoms with Crippen LogP contribution in [0.4, 0.5) is 0 Å². The van der Waals surface area contributed by atoms with E-state index in [-0.39, 0.29) is 49.7 Å². The highest BCUT2D eigenvalue weighted by Gasteiger charge is 2.52. The molecule has 0 aromatic heterocycles. The van der Waals surface area contributed by atoms with Crippen LogP contribution in [-0.4, -0.2) is 166 Å². The predicted octanol–water partition coefficient (Wildman–Crippen LogP) is 2.32. The average Bonchev–Trinajstić information content (AvgIpc) is 3.05. The lowest BCUT2D eigenvalue weighted by Crippen LogP contribution is -2.60. The highest BCUT2D eigenvalue weighted by Crippen LogP contribution is 2.40. The molecule has 0 saturated carbocycles. The van der Waals surface area contributed by atoms with Gasteiger partial charge in [0.2, 0.25) is 0 Å². The van der Waals surface area contributed by atoms with E-state index in [2.05, 4.69) is 0 Å². The van der Waals surface area contributed by atoms with Crippen LogP contribution in [0.25, 0.3) is 0 Å². The van der Waals surface area contributed by atoms with Crippen LogP contribution in [0.1, 0.15) is 94.9 Å². The Balaban J connectivity index is 0.00000972.